The maximum Gasteiger partial charge on any atom is 0.127 e. The third-order valence-electron chi connectivity index (χ3n) is 5.25. The smallest absolute Gasteiger partial charge is 0.127 e. The highest BCUT2D eigenvalue weighted by molar-refractivity contribution is 5.45. The van der Waals surface area contributed by atoms with E-state index >= 15 is 0 Å². The molecule has 0 unspecified atom stereocenters. The Morgan fingerprint density at radius 3 is 1.30 bits per heavy atom. The fourth-order valence-corrected chi connectivity index (χ4v) is 3.34. The predicted octanol–water partition coefficient (Wildman–Crippen LogP) is 7.18. The van der Waals surface area contributed by atoms with E-state index in [0.717, 1.165) is 28.7 Å². The van der Waals surface area contributed by atoms with Crippen LogP contribution in [-0.2, 0) is 5.41 Å². The Hall–Kier alpha value is -3.72. The zero-order valence-corrected chi connectivity index (χ0v) is 17.2. The molecule has 0 saturated carbocycles. The lowest BCUT2D eigenvalue weighted by molar-refractivity contribution is 0.481. The van der Waals surface area contributed by atoms with Crippen LogP contribution < -0.4 is 15.2 Å². The molecule has 30 heavy (non-hydrogen) atoms. The van der Waals surface area contributed by atoms with Crippen LogP contribution in [0.3, 0.4) is 0 Å². The van der Waals surface area contributed by atoms with E-state index in [2.05, 4.69) is 38.1 Å². The molecule has 150 valence electrons. The number of para-hydroxylation sites is 1. The second-order valence-electron chi connectivity index (χ2n) is 7.76. The van der Waals surface area contributed by atoms with Crippen molar-refractivity contribution in [3.63, 3.8) is 0 Å². The van der Waals surface area contributed by atoms with Crippen LogP contribution in [0, 0.1) is 0 Å². The van der Waals surface area contributed by atoms with E-state index in [0.29, 0.717) is 0 Å². The van der Waals surface area contributed by atoms with Gasteiger partial charge in [0, 0.05) is 11.1 Å². The van der Waals surface area contributed by atoms with E-state index in [1.54, 1.807) is 0 Å². The van der Waals surface area contributed by atoms with Crippen molar-refractivity contribution in [2.45, 2.75) is 19.3 Å². The molecule has 3 heteroatoms. The first-order valence-electron chi connectivity index (χ1n) is 9.98. The number of nitrogens with two attached hydrogens (primary N) is 1. The molecule has 2 N–H and O–H groups in total. The zero-order chi connectivity index (χ0) is 21.0. The minimum atomic E-state index is -0.148. The van der Waals surface area contributed by atoms with Crippen LogP contribution in [-0.4, -0.2) is 0 Å². The first kappa shape index (κ1) is 19.6. The van der Waals surface area contributed by atoms with Crippen molar-refractivity contribution in [2.24, 2.45) is 0 Å². The molecule has 0 aliphatic rings. The van der Waals surface area contributed by atoms with Gasteiger partial charge in [0.2, 0.25) is 0 Å². The highest BCUT2D eigenvalue weighted by Gasteiger charge is 2.23. The average Bonchev–Trinajstić information content (AvgIpc) is 2.77. The van der Waals surface area contributed by atoms with Gasteiger partial charge < -0.3 is 15.2 Å². The first-order valence-corrected chi connectivity index (χ1v) is 9.98. The molecule has 0 aliphatic carbocycles. The van der Waals surface area contributed by atoms with Gasteiger partial charge in [-0.3, -0.25) is 0 Å². The Bertz CT molecular complexity index is 1080. The fourth-order valence-electron chi connectivity index (χ4n) is 3.34. The van der Waals surface area contributed by atoms with E-state index < -0.39 is 0 Å². The Kier molecular flexibility index (Phi) is 5.44. The minimum Gasteiger partial charge on any atom is -0.457 e. The molecule has 0 amide bonds. The van der Waals surface area contributed by atoms with Crippen molar-refractivity contribution in [3.8, 4) is 23.0 Å². The molecular weight excluding hydrogens is 370 g/mol. The molecular formula is C27H25NO2. The first-order chi connectivity index (χ1) is 14.5. The number of anilines is 1. The number of nitrogen functional groups attached to an aromatic ring is 1. The largest absolute Gasteiger partial charge is 0.457 e. The summed E-state index contributed by atoms with van der Waals surface area (Å²) in [5, 5.41) is 0. The van der Waals surface area contributed by atoms with Crippen molar-refractivity contribution >= 4 is 5.69 Å². The topological polar surface area (TPSA) is 44.5 Å². The summed E-state index contributed by atoms with van der Waals surface area (Å²) in [4.78, 5) is 0. The molecule has 0 fully saturated rings. The highest BCUT2D eigenvalue weighted by Crippen LogP contribution is 2.34. The van der Waals surface area contributed by atoms with Crippen LogP contribution in [0.1, 0.15) is 25.0 Å². The summed E-state index contributed by atoms with van der Waals surface area (Å²) in [5.41, 5.74) is 8.73. The normalized spacial score (nSPS) is 11.1. The SMILES string of the molecule is CC(C)(c1ccc(Oc2ccccc2)cc1)c1ccc(Oc2ccc(N)cc2)cc1. The Morgan fingerprint density at radius 1 is 0.500 bits per heavy atom. The summed E-state index contributed by atoms with van der Waals surface area (Å²) < 4.78 is 11.8. The van der Waals surface area contributed by atoms with E-state index in [-0.39, 0.29) is 5.41 Å². The number of rotatable bonds is 6. The van der Waals surface area contributed by atoms with E-state index in [1.807, 2.05) is 78.9 Å². The third-order valence-corrected chi connectivity index (χ3v) is 5.25. The summed E-state index contributed by atoms with van der Waals surface area (Å²) in [6, 6.07) is 33.7. The Labute approximate surface area is 177 Å². The van der Waals surface area contributed by atoms with Gasteiger partial charge in [0.05, 0.1) is 0 Å². The van der Waals surface area contributed by atoms with E-state index in [4.69, 9.17) is 15.2 Å². The number of hydrogen-bond acceptors (Lipinski definition) is 3. The summed E-state index contributed by atoms with van der Waals surface area (Å²) in [6.45, 7) is 4.44. The standard InChI is InChI=1S/C27H25NO2/c1-27(2,20-8-14-24(15-9-20)29-23-6-4-3-5-7-23)21-10-16-25(17-11-21)30-26-18-12-22(28)13-19-26/h3-19H,28H2,1-2H3. The van der Waals surface area contributed by atoms with Crippen molar-refractivity contribution < 1.29 is 9.47 Å². The van der Waals surface area contributed by atoms with Gasteiger partial charge in [-0.1, -0.05) is 56.3 Å². The van der Waals surface area contributed by atoms with Crippen molar-refractivity contribution in [1.82, 2.24) is 0 Å². The molecule has 0 atom stereocenters. The number of hydrogen-bond donors (Lipinski definition) is 1. The maximum atomic E-state index is 5.91. The predicted molar refractivity (Wildman–Crippen MR) is 122 cm³/mol. The van der Waals surface area contributed by atoms with E-state index in [9.17, 15) is 0 Å². The molecule has 4 rings (SSSR count). The van der Waals surface area contributed by atoms with Crippen LogP contribution >= 0.6 is 0 Å². The molecule has 3 nitrogen and oxygen atoms in total. The monoisotopic (exact) mass is 395 g/mol. The van der Waals surface area contributed by atoms with Crippen LogP contribution in [0.5, 0.6) is 23.0 Å². The summed E-state index contributed by atoms with van der Waals surface area (Å²) in [6.07, 6.45) is 0. The highest BCUT2D eigenvalue weighted by atomic mass is 16.5. The lowest BCUT2D eigenvalue weighted by Gasteiger charge is -2.26. The maximum absolute atomic E-state index is 5.91. The van der Waals surface area contributed by atoms with Gasteiger partial charge in [0.25, 0.3) is 0 Å². The quantitative estimate of drug-likeness (QED) is 0.352. The molecule has 0 spiro atoms. The molecule has 0 radical (unpaired) electrons. The van der Waals surface area contributed by atoms with Crippen molar-refractivity contribution in [1.29, 1.82) is 0 Å². The summed E-state index contributed by atoms with van der Waals surface area (Å²) in [5.74, 6) is 3.23. The van der Waals surface area contributed by atoms with Gasteiger partial charge in [0.1, 0.15) is 23.0 Å². The molecule has 0 heterocycles. The van der Waals surface area contributed by atoms with Gasteiger partial charge in [-0.05, 0) is 71.8 Å². The average molecular weight is 396 g/mol. The van der Waals surface area contributed by atoms with Crippen LogP contribution in [0.25, 0.3) is 0 Å². The van der Waals surface area contributed by atoms with Crippen molar-refractivity contribution in [3.05, 3.63) is 114 Å². The zero-order valence-electron chi connectivity index (χ0n) is 17.2. The summed E-state index contributed by atoms with van der Waals surface area (Å²) >= 11 is 0. The van der Waals surface area contributed by atoms with Crippen molar-refractivity contribution in [2.75, 3.05) is 5.73 Å². The minimum absolute atomic E-state index is 0.148. The lowest BCUT2D eigenvalue weighted by atomic mass is 9.78. The lowest BCUT2D eigenvalue weighted by Crippen LogP contribution is -2.18. The van der Waals surface area contributed by atoms with Gasteiger partial charge in [-0.25, -0.2) is 0 Å². The third kappa shape index (κ3) is 4.47. The second kappa shape index (κ2) is 8.34. The molecule has 0 bridgehead atoms. The van der Waals surface area contributed by atoms with Gasteiger partial charge in [-0.15, -0.1) is 0 Å². The molecule has 0 aromatic heterocycles. The Balaban J connectivity index is 1.47. The van der Waals surface area contributed by atoms with Crippen LogP contribution in [0.15, 0.2) is 103 Å². The molecule has 4 aromatic carbocycles. The fraction of sp³-hybridized carbons (Fsp3) is 0.111. The van der Waals surface area contributed by atoms with Gasteiger partial charge >= 0.3 is 0 Å². The molecule has 4 aromatic rings. The van der Waals surface area contributed by atoms with Crippen LogP contribution in [0.4, 0.5) is 5.69 Å². The van der Waals surface area contributed by atoms with E-state index in [1.165, 1.54) is 11.1 Å². The summed E-state index contributed by atoms with van der Waals surface area (Å²) in [7, 11) is 0. The number of ether oxygens (including phenoxy) is 2. The second-order valence-corrected chi connectivity index (χ2v) is 7.76. The Morgan fingerprint density at radius 2 is 0.867 bits per heavy atom. The molecule has 0 aliphatic heterocycles. The number of benzene rings is 4. The molecule has 0 saturated heterocycles. The van der Waals surface area contributed by atoms with Gasteiger partial charge in [0.15, 0.2) is 0 Å². The van der Waals surface area contributed by atoms with Gasteiger partial charge in [-0.2, -0.15) is 0 Å². The van der Waals surface area contributed by atoms with Crippen LogP contribution in [0.2, 0.25) is 0 Å².